The molecule has 0 saturated carbocycles. The van der Waals surface area contributed by atoms with E-state index in [9.17, 15) is 0 Å². The van der Waals surface area contributed by atoms with Gasteiger partial charge in [0, 0.05) is 23.7 Å². The predicted octanol–water partition coefficient (Wildman–Crippen LogP) is 2.94. The van der Waals surface area contributed by atoms with Crippen LogP contribution in [0.2, 0.25) is 5.02 Å². The summed E-state index contributed by atoms with van der Waals surface area (Å²) >= 11 is 6.25. The molecule has 1 aliphatic heterocycles. The van der Waals surface area contributed by atoms with E-state index in [0.717, 1.165) is 35.7 Å². The van der Waals surface area contributed by atoms with Crippen molar-refractivity contribution in [2.45, 2.75) is 26.2 Å². The van der Waals surface area contributed by atoms with Crippen molar-refractivity contribution in [2.75, 3.05) is 23.7 Å². The van der Waals surface area contributed by atoms with Crippen LogP contribution in [-0.4, -0.2) is 28.3 Å². The van der Waals surface area contributed by atoms with Gasteiger partial charge in [-0.2, -0.15) is 4.98 Å². The van der Waals surface area contributed by atoms with Crippen LogP contribution in [0.25, 0.3) is 11.3 Å². The van der Waals surface area contributed by atoms with E-state index >= 15 is 0 Å². The second-order valence-electron chi connectivity index (χ2n) is 5.16. The van der Waals surface area contributed by atoms with Gasteiger partial charge < -0.3 is 10.6 Å². The Labute approximate surface area is 129 Å². The molecule has 0 bridgehead atoms. The number of rotatable bonds is 3. The van der Waals surface area contributed by atoms with Gasteiger partial charge >= 0.3 is 0 Å². The lowest BCUT2D eigenvalue weighted by atomic mass is 10.0. The Balaban J connectivity index is 2.01. The van der Waals surface area contributed by atoms with E-state index in [1.165, 1.54) is 12.8 Å². The topological polar surface area (TPSA) is 67.9 Å². The molecule has 1 aromatic carbocycles. The zero-order chi connectivity index (χ0) is 14.8. The summed E-state index contributed by atoms with van der Waals surface area (Å²) in [5.74, 6) is 1.03. The van der Waals surface area contributed by atoms with E-state index in [1.807, 2.05) is 18.2 Å². The van der Waals surface area contributed by atoms with Gasteiger partial charge in [0.15, 0.2) is 5.82 Å². The molecule has 1 aliphatic rings. The van der Waals surface area contributed by atoms with Crippen molar-refractivity contribution in [2.24, 2.45) is 0 Å². The molecule has 3 rings (SSSR count). The highest BCUT2D eigenvalue weighted by Gasteiger charge is 2.18. The molecule has 0 unspecified atom stereocenters. The lowest BCUT2D eigenvalue weighted by molar-refractivity contribution is 0.856. The number of nitrogen functional groups attached to an aromatic ring is 1. The van der Waals surface area contributed by atoms with Gasteiger partial charge in [0.1, 0.15) is 5.69 Å². The summed E-state index contributed by atoms with van der Waals surface area (Å²) in [5.41, 5.74) is 8.66. The zero-order valence-corrected chi connectivity index (χ0v) is 12.8. The highest BCUT2D eigenvalue weighted by atomic mass is 35.5. The summed E-state index contributed by atoms with van der Waals surface area (Å²) in [6, 6.07) is 5.73. The van der Waals surface area contributed by atoms with Gasteiger partial charge in [0.25, 0.3) is 0 Å². The fraction of sp³-hybridized carbons (Fsp3) is 0.400. The molecule has 2 N–H and O–H groups in total. The number of hydrogen-bond acceptors (Lipinski definition) is 5. The number of hydrogen-bond donors (Lipinski definition) is 1. The SMILES string of the molecule is CCc1c(Cl)cccc1-c1nnc(N2CCCC2)nc1N. The van der Waals surface area contributed by atoms with Crippen molar-refractivity contribution in [1.29, 1.82) is 0 Å². The van der Waals surface area contributed by atoms with Crippen LogP contribution >= 0.6 is 11.6 Å². The average molecular weight is 304 g/mol. The minimum absolute atomic E-state index is 0.406. The number of halogens is 1. The summed E-state index contributed by atoms with van der Waals surface area (Å²) in [7, 11) is 0. The summed E-state index contributed by atoms with van der Waals surface area (Å²) in [4.78, 5) is 6.54. The third kappa shape index (κ3) is 2.65. The monoisotopic (exact) mass is 303 g/mol. The highest BCUT2D eigenvalue weighted by Crippen LogP contribution is 2.31. The zero-order valence-electron chi connectivity index (χ0n) is 12.0. The van der Waals surface area contributed by atoms with Crippen molar-refractivity contribution in [3.63, 3.8) is 0 Å². The molecular formula is C15H18ClN5. The first-order valence-electron chi connectivity index (χ1n) is 7.23. The van der Waals surface area contributed by atoms with E-state index in [1.54, 1.807) is 0 Å². The Morgan fingerprint density at radius 2 is 2.00 bits per heavy atom. The molecule has 6 heteroatoms. The van der Waals surface area contributed by atoms with Gasteiger partial charge in [-0.05, 0) is 30.9 Å². The molecule has 0 radical (unpaired) electrons. The molecule has 0 spiro atoms. The van der Waals surface area contributed by atoms with Crippen molar-refractivity contribution in [1.82, 2.24) is 15.2 Å². The average Bonchev–Trinajstić information content (AvgIpc) is 3.01. The number of nitrogens with two attached hydrogens (primary N) is 1. The lowest BCUT2D eigenvalue weighted by Gasteiger charge is -2.16. The quantitative estimate of drug-likeness (QED) is 0.944. The summed E-state index contributed by atoms with van der Waals surface area (Å²) < 4.78 is 0. The first kappa shape index (κ1) is 14.1. The highest BCUT2D eigenvalue weighted by molar-refractivity contribution is 6.31. The van der Waals surface area contributed by atoms with Crippen molar-refractivity contribution in [3.05, 3.63) is 28.8 Å². The Hall–Kier alpha value is -1.88. The molecule has 0 atom stereocenters. The van der Waals surface area contributed by atoms with Crippen LogP contribution in [0.15, 0.2) is 18.2 Å². The summed E-state index contributed by atoms with van der Waals surface area (Å²) in [6.45, 7) is 4.00. The van der Waals surface area contributed by atoms with Gasteiger partial charge in [-0.15, -0.1) is 10.2 Å². The fourth-order valence-electron chi connectivity index (χ4n) is 2.71. The van der Waals surface area contributed by atoms with Gasteiger partial charge in [-0.3, -0.25) is 0 Å². The molecule has 0 aliphatic carbocycles. The van der Waals surface area contributed by atoms with E-state index < -0.39 is 0 Å². The summed E-state index contributed by atoms with van der Waals surface area (Å²) in [5, 5.41) is 9.27. The molecule has 1 fully saturated rings. The molecule has 2 aromatic rings. The second kappa shape index (κ2) is 5.85. The molecule has 110 valence electrons. The molecule has 0 amide bonds. The number of benzene rings is 1. The van der Waals surface area contributed by atoms with Crippen LogP contribution in [0, 0.1) is 0 Å². The minimum atomic E-state index is 0.406. The Morgan fingerprint density at radius 3 is 2.67 bits per heavy atom. The van der Waals surface area contributed by atoms with Crippen LogP contribution in [-0.2, 0) is 6.42 Å². The first-order chi connectivity index (χ1) is 10.2. The minimum Gasteiger partial charge on any atom is -0.382 e. The molecule has 5 nitrogen and oxygen atoms in total. The third-order valence-electron chi connectivity index (χ3n) is 3.82. The van der Waals surface area contributed by atoms with Crippen molar-refractivity contribution >= 4 is 23.4 Å². The predicted molar refractivity (Wildman–Crippen MR) is 85.5 cm³/mol. The van der Waals surface area contributed by atoms with Gasteiger partial charge in [-0.1, -0.05) is 30.7 Å². The maximum absolute atomic E-state index is 6.25. The smallest absolute Gasteiger partial charge is 0.247 e. The molecule has 1 aromatic heterocycles. The Bertz CT molecular complexity index is 653. The van der Waals surface area contributed by atoms with E-state index in [2.05, 4.69) is 27.0 Å². The normalized spacial score (nSPS) is 14.7. The van der Waals surface area contributed by atoms with Gasteiger partial charge in [0.05, 0.1) is 0 Å². The van der Waals surface area contributed by atoms with Gasteiger partial charge in [0.2, 0.25) is 5.95 Å². The van der Waals surface area contributed by atoms with Crippen LogP contribution in [0.4, 0.5) is 11.8 Å². The number of aromatic nitrogens is 3. The summed E-state index contributed by atoms with van der Waals surface area (Å²) in [6.07, 6.45) is 3.14. The van der Waals surface area contributed by atoms with Crippen molar-refractivity contribution in [3.8, 4) is 11.3 Å². The number of anilines is 2. The van der Waals surface area contributed by atoms with E-state index in [4.69, 9.17) is 17.3 Å². The fourth-order valence-corrected chi connectivity index (χ4v) is 3.02. The van der Waals surface area contributed by atoms with Crippen LogP contribution < -0.4 is 10.6 Å². The number of nitrogens with zero attached hydrogens (tertiary/aromatic N) is 4. The molecule has 21 heavy (non-hydrogen) atoms. The molecule has 1 saturated heterocycles. The molecular weight excluding hydrogens is 286 g/mol. The molecule has 2 heterocycles. The Kier molecular flexibility index (Phi) is 3.92. The van der Waals surface area contributed by atoms with Crippen LogP contribution in [0.3, 0.4) is 0 Å². The van der Waals surface area contributed by atoms with E-state index in [-0.39, 0.29) is 0 Å². The largest absolute Gasteiger partial charge is 0.382 e. The maximum Gasteiger partial charge on any atom is 0.247 e. The van der Waals surface area contributed by atoms with Crippen LogP contribution in [0.5, 0.6) is 0 Å². The maximum atomic E-state index is 6.25. The third-order valence-corrected chi connectivity index (χ3v) is 4.17. The van der Waals surface area contributed by atoms with Gasteiger partial charge in [-0.25, -0.2) is 0 Å². The first-order valence-corrected chi connectivity index (χ1v) is 7.61. The lowest BCUT2D eigenvalue weighted by Crippen LogP contribution is -2.21. The Morgan fingerprint density at radius 1 is 1.24 bits per heavy atom. The van der Waals surface area contributed by atoms with Crippen molar-refractivity contribution < 1.29 is 0 Å². The van der Waals surface area contributed by atoms with E-state index in [0.29, 0.717) is 17.5 Å². The van der Waals surface area contributed by atoms with Crippen LogP contribution in [0.1, 0.15) is 25.3 Å². The standard InChI is InChI=1S/C15H18ClN5/c1-2-10-11(6-5-7-12(10)16)13-14(17)18-15(20-19-13)21-8-3-4-9-21/h5-7H,2-4,8-9H2,1H3,(H2,17,18,20). The second-order valence-corrected chi connectivity index (χ2v) is 5.57.